The van der Waals surface area contributed by atoms with Gasteiger partial charge in [-0.25, -0.2) is 4.39 Å². The largest absolute Gasteiger partial charge is 0.507 e. The molecule has 0 radical (unpaired) electrons. The van der Waals surface area contributed by atoms with E-state index < -0.39 is 17.7 Å². The Morgan fingerprint density at radius 1 is 1.14 bits per heavy atom. The van der Waals surface area contributed by atoms with Crippen LogP contribution in [0.5, 0.6) is 11.5 Å². The molecule has 220 valence electrons. The Kier molecular flexibility index (Phi) is 8.18. The number of fused-ring (bicyclic) bond motifs is 1. The van der Waals surface area contributed by atoms with Crippen LogP contribution in [0.15, 0.2) is 76.6 Å². The van der Waals surface area contributed by atoms with Crippen molar-refractivity contribution in [3.8, 4) is 11.5 Å². The third-order valence-corrected chi connectivity index (χ3v) is 9.27. The number of carbonyl (C=O) groups excluding carboxylic acids is 2. The molecule has 3 aromatic carbocycles. The standard InChI is InChI=1S/C32H28FN3O5S2/c1-3-13-40-24-6-4-5-20(16-24)27-26(28(37)21-9-12-25-22(15-21)14-18(2)41-25)29(38)30(39)36(27)31-34-35-32(43-31)42-17-19-7-10-23(33)11-8-19/h4-12,15-16,18,27,37H,3,13-14,17H2,1-2H3/t18-,27-/m0/s1. The molecule has 0 aliphatic carbocycles. The molecule has 0 unspecified atom stereocenters. The van der Waals surface area contributed by atoms with Crippen molar-refractivity contribution in [3.05, 3.63) is 100 Å². The summed E-state index contributed by atoms with van der Waals surface area (Å²) in [6, 6.07) is 17.6. The average molecular weight is 618 g/mol. The zero-order chi connectivity index (χ0) is 30.1. The van der Waals surface area contributed by atoms with Gasteiger partial charge >= 0.3 is 5.91 Å². The van der Waals surface area contributed by atoms with Gasteiger partial charge in [0.25, 0.3) is 5.78 Å². The van der Waals surface area contributed by atoms with E-state index in [1.54, 1.807) is 48.5 Å². The van der Waals surface area contributed by atoms with Crippen LogP contribution < -0.4 is 14.4 Å². The molecule has 8 nitrogen and oxygen atoms in total. The number of benzene rings is 3. The SMILES string of the molecule is CCCOc1cccc([C@H]2C(=C(O)c3ccc4c(c3)C[C@H](C)O4)C(=O)C(=O)N2c2nnc(SCc3ccc(F)cc3)s2)c1. The molecule has 4 aromatic rings. The minimum Gasteiger partial charge on any atom is -0.507 e. The molecule has 2 aliphatic heterocycles. The number of hydrogen-bond acceptors (Lipinski definition) is 9. The topological polar surface area (TPSA) is 102 Å². The van der Waals surface area contributed by atoms with E-state index in [0.29, 0.717) is 40.0 Å². The number of aliphatic hydroxyl groups excluding tert-OH is 1. The molecular formula is C32H28FN3O5S2. The van der Waals surface area contributed by atoms with Gasteiger partial charge in [0.05, 0.1) is 18.2 Å². The van der Waals surface area contributed by atoms with Gasteiger partial charge in [-0.1, -0.05) is 54.3 Å². The Labute approximate surface area is 256 Å². The highest BCUT2D eigenvalue weighted by Crippen LogP contribution is 2.45. The van der Waals surface area contributed by atoms with Gasteiger partial charge in [0, 0.05) is 17.7 Å². The monoisotopic (exact) mass is 617 g/mol. The molecule has 1 fully saturated rings. The highest BCUT2D eigenvalue weighted by atomic mass is 32.2. The molecule has 2 atom stereocenters. The molecule has 3 heterocycles. The summed E-state index contributed by atoms with van der Waals surface area (Å²) in [4.78, 5) is 28.5. The quantitative estimate of drug-likeness (QED) is 0.0727. The van der Waals surface area contributed by atoms with Crippen molar-refractivity contribution in [2.75, 3.05) is 11.5 Å². The first-order valence-electron chi connectivity index (χ1n) is 13.9. The van der Waals surface area contributed by atoms with Crippen molar-refractivity contribution in [2.24, 2.45) is 0 Å². The molecule has 1 aromatic heterocycles. The van der Waals surface area contributed by atoms with Crippen LogP contribution >= 0.6 is 23.1 Å². The molecule has 0 saturated carbocycles. The molecule has 1 amide bonds. The van der Waals surface area contributed by atoms with E-state index >= 15 is 0 Å². The van der Waals surface area contributed by atoms with E-state index in [4.69, 9.17) is 9.47 Å². The van der Waals surface area contributed by atoms with Crippen molar-refractivity contribution < 1.29 is 28.6 Å². The Balaban J connectivity index is 1.39. The van der Waals surface area contributed by atoms with Gasteiger partial charge in [0.1, 0.15) is 29.2 Å². The summed E-state index contributed by atoms with van der Waals surface area (Å²) in [5.74, 6) is -0.367. The molecule has 11 heteroatoms. The van der Waals surface area contributed by atoms with Crippen LogP contribution in [0.25, 0.3) is 5.76 Å². The number of ether oxygens (including phenoxy) is 2. The second-order valence-corrected chi connectivity index (χ2v) is 12.5. The van der Waals surface area contributed by atoms with E-state index in [-0.39, 0.29) is 28.4 Å². The predicted octanol–water partition coefficient (Wildman–Crippen LogP) is 6.71. The number of thioether (sulfide) groups is 1. The van der Waals surface area contributed by atoms with Crippen molar-refractivity contribution in [1.29, 1.82) is 0 Å². The Bertz CT molecular complexity index is 1720. The van der Waals surface area contributed by atoms with Crippen LogP contribution in [0.2, 0.25) is 0 Å². The lowest BCUT2D eigenvalue weighted by Crippen LogP contribution is -2.29. The summed E-state index contributed by atoms with van der Waals surface area (Å²) in [5, 5.41) is 20.3. The predicted molar refractivity (Wildman–Crippen MR) is 163 cm³/mol. The zero-order valence-electron chi connectivity index (χ0n) is 23.5. The van der Waals surface area contributed by atoms with Crippen LogP contribution in [-0.4, -0.2) is 39.7 Å². The number of Topliss-reactive ketones (excluding diaryl/α,β-unsaturated/α-hetero) is 1. The van der Waals surface area contributed by atoms with Gasteiger partial charge < -0.3 is 14.6 Å². The number of nitrogens with zero attached hydrogens (tertiary/aromatic N) is 3. The zero-order valence-corrected chi connectivity index (χ0v) is 25.1. The fraction of sp³-hybridized carbons (Fsp3) is 0.250. The van der Waals surface area contributed by atoms with Crippen LogP contribution in [0.1, 0.15) is 48.6 Å². The maximum absolute atomic E-state index is 13.6. The summed E-state index contributed by atoms with van der Waals surface area (Å²) in [5.41, 5.74) is 2.79. The van der Waals surface area contributed by atoms with Gasteiger partial charge in [-0.15, -0.1) is 10.2 Å². The third kappa shape index (κ3) is 5.87. The maximum Gasteiger partial charge on any atom is 0.301 e. The number of carbonyl (C=O) groups is 2. The lowest BCUT2D eigenvalue weighted by atomic mass is 9.94. The molecule has 1 N–H and O–H groups in total. The van der Waals surface area contributed by atoms with Gasteiger partial charge in [-0.05, 0) is 72.5 Å². The number of ketones is 1. The van der Waals surface area contributed by atoms with E-state index in [0.717, 1.165) is 23.3 Å². The van der Waals surface area contributed by atoms with Crippen molar-refractivity contribution in [2.45, 2.75) is 48.9 Å². The normalized spacial score (nSPS) is 19.0. The number of amides is 1. The van der Waals surface area contributed by atoms with Gasteiger partial charge in [0.15, 0.2) is 4.34 Å². The lowest BCUT2D eigenvalue weighted by molar-refractivity contribution is -0.132. The van der Waals surface area contributed by atoms with E-state index in [1.807, 2.05) is 19.9 Å². The number of aliphatic hydroxyl groups is 1. The molecule has 0 bridgehead atoms. The van der Waals surface area contributed by atoms with E-state index in [2.05, 4.69) is 10.2 Å². The minimum absolute atomic E-state index is 0.0105. The molecular weight excluding hydrogens is 590 g/mol. The number of aromatic nitrogens is 2. The van der Waals surface area contributed by atoms with Gasteiger partial charge in [-0.2, -0.15) is 0 Å². The third-order valence-electron chi connectivity index (χ3n) is 7.14. The number of hydrogen-bond donors (Lipinski definition) is 1. The summed E-state index contributed by atoms with van der Waals surface area (Å²) in [6.45, 7) is 4.47. The Hall–Kier alpha value is -4.22. The van der Waals surface area contributed by atoms with Crippen LogP contribution in [0.3, 0.4) is 0 Å². The van der Waals surface area contributed by atoms with E-state index in [1.165, 1.54) is 40.1 Å². The molecule has 0 spiro atoms. The fourth-order valence-corrected chi connectivity index (χ4v) is 6.97. The van der Waals surface area contributed by atoms with E-state index in [9.17, 15) is 19.1 Å². The first-order chi connectivity index (χ1) is 20.8. The van der Waals surface area contributed by atoms with Crippen LogP contribution in [0, 0.1) is 5.82 Å². The summed E-state index contributed by atoms with van der Waals surface area (Å²) in [6.07, 6.45) is 1.50. The Morgan fingerprint density at radius 3 is 2.74 bits per heavy atom. The number of anilines is 1. The number of rotatable bonds is 9. The highest BCUT2D eigenvalue weighted by molar-refractivity contribution is 8.00. The summed E-state index contributed by atoms with van der Waals surface area (Å²) < 4.78 is 25.5. The summed E-state index contributed by atoms with van der Waals surface area (Å²) in [7, 11) is 0. The van der Waals surface area contributed by atoms with Gasteiger partial charge in [0.2, 0.25) is 5.13 Å². The van der Waals surface area contributed by atoms with Crippen molar-refractivity contribution >= 4 is 45.7 Å². The fourth-order valence-electron chi connectivity index (χ4n) is 5.15. The van der Waals surface area contributed by atoms with Crippen molar-refractivity contribution in [1.82, 2.24) is 10.2 Å². The Morgan fingerprint density at radius 2 is 1.95 bits per heavy atom. The molecule has 1 saturated heterocycles. The van der Waals surface area contributed by atoms with Gasteiger partial charge in [-0.3, -0.25) is 14.5 Å². The molecule has 2 aliphatic rings. The minimum atomic E-state index is -0.962. The molecule has 43 heavy (non-hydrogen) atoms. The smallest absolute Gasteiger partial charge is 0.301 e. The summed E-state index contributed by atoms with van der Waals surface area (Å²) >= 11 is 2.56. The highest BCUT2D eigenvalue weighted by Gasteiger charge is 2.48. The lowest BCUT2D eigenvalue weighted by Gasteiger charge is -2.23. The first-order valence-corrected chi connectivity index (χ1v) is 15.7. The molecule has 6 rings (SSSR count). The van der Waals surface area contributed by atoms with Crippen LogP contribution in [-0.2, 0) is 21.8 Å². The maximum atomic E-state index is 13.6. The number of halogens is 1. The van der Waals surface area contributed by atoms with Crippen molar-refractivity contribution in [3.63, 3.8) is 0 Å². The first kappa shape index (κ1) is 28.9. The second kappa shape index (κ2) is 12.2. The average Bonchev–Trinajstić information content (AvgIpc) is 3.70. The second-order valence-electron chi connectivity index (χ2n) is 10.3. The van der Waals surface area contributed by atoms with Crippen LogP contribution in [0.4, 0.5) is 9.52 Å².